The number of nitriles is 1. The molecule has 134 valence electrons. The molecule has 11 heteroatoms. The average Bonchev–Trinajstić information content (AvgIpc) is 2.56. The van der Waals surface area contributed by atoms with Crippen LogP contribution in [0.25, 0.3) is 0 Å². The highest BCUT2D eigenvalue weighted by atomic mass is 35.5. The van der Waals surface area contributed by atoms with Crippen molar-refractivity contribution in [3.8, 4) is 6.07 Å². The predicted octanol–water partition coefficient (Wildman–Crippen LogP) is 6.70. The van der Waals surface area contributed by atoms with Gasteiger partial charge in [-0.2, -0.15) is 18.4 Å². The molecular formula is C15H7Cl3F3N5. The molecule has 0 heterocycles. The molecule has 2 rings (SSSR count). The van der Waals surface area contributed by atoms with E-state index in [0.29, 0.717) is 5.02 Å². The molecular weight excluding hydrogens is 414 g/mol. The highest BCUT2D eigenvalue weighted by molar-refractivity contribution is 6.41. The molecule has 2 aromatic rings. The lowest BCUT2D eigenvalue weighted by Gasteiger charge is -2.07. The van der Waals surface area contributed by atoms with Gasteiger partial charge in [-0.05, 0) is 36.4 Å². The van der Waals surface area contributed by atoms with Crippen molar-refractivity contribution < 1.29 is 13.2 Å². The SMILES string of the molecule is N#CC(/N=N/c1c(Cl)cc(Cl)cc1Cl)=N\Nc1ccc(C(F)(F)F)cc1. The zero-order valence-corrected chi connectivity index (χ0v) is 14.8. The number of nitrogens with zero attached hydrogens (tertiary/aromatic N) is 4. The summed E-state index contributed by atoms with van der Waals surface area (Å²) in [6.07, 6.45) is -4.44. The molecule has 0 aliphatic rings. The highest BCUT2D eigenvalue weighted by Crippen LogP contribution is 2.36. The Hall–Kier alpha value is -2.34. The summed E-state index contributed by atoms with van der Waals surface area (Å²) >= 11 is 17.6. The number of hydrazone groups is 1. The van der Waals surface area contributed by atoms with E-state index in [4.69, 9.17) is 40.1 Å². The lowest BCUT2D eigenvalue weighted by atomic mass is 10.2. The minimum absolute atomic E-state index is 0.0928. The van der Waals surface area contributed by atoms with Crippen LogP contribution in [0.15, 0.2) is 51.7 Å². The summed E-state index contributed by atoms with van der Waals surface area (Å²) in [5.41, 5.74) is 1.92. The number of anilines is 1. The van der Waals surface area contributed by atoms with E-state index in [2.05, 4.69) is 20.8 Å². The Morgan fingerprint density at radius 1 is 1.04 bits per heavy atom. The summed E-state index contributed by atoms with van der Waals surface area (Å²) in [5, 5.41) is 20.5. The Morgan fingerprint density at radius 3 is 2.12 bits per heavy atom. The number of amidine groups is 1. The maximum absolute atomic E-state index is 12.5. The Balaban J connectivity index is 2.15. The normalized spacial score (nSPS) is 12.3. The van der Waals surface area contributed by atoms with Gasteiger partial charge >= 0.3 is 6.18 Å². The number of azo groups is 1. The van der Waals surface area contributed by atoms with Crippen molar-refractivity contribution in [1.29, 1.82) is 5.26 Å². The van der Waals surface area contributed by atoms with Crippen LogP contribution in [-0.2, 0) is 6.18 Å². The van der Waals surface area contributed by atoms with Gasteiger partial charge < -0.3 is 0 Å². The van der Waals surface area contributed by atoms with Crippen molar-refractivity contribution in [3.05, 3.63) is 57.0 Å². The van der Waals surface area contributed by atoms with Gasteiger partial charge in [0.15, 0.2) is 0 Å². The molecule has 26 heavy (non-hydrogen) atoms. The average molecular weight is 421 g/mol. The summed E-state index contributed by atoms with van der Waals surface area (Å²) in [4.78, 5) is 0. The molecule has 0 spiro atoms. The first kappa shape index (κ1) is 20.0. The van der Waals surface area contributed by atoms with E-state index in [0.717, 1.165) is 24.3 Å². The van der Waals surface area contributed by atoms with Crippen LogP contribution in [-0.4, -0.2) is 5.84 Å². The number of benzene rings is 2. The van der Waals surface area contributed by atoms with Gasteiger partial charge in [0, 0.05) is 5.02 Å². The second kappa shape index (κ2) is 8.36. The molecule has 0 aliphatic heterocycles. The van der Waals surface area contributed by atoms with Crippen LogP contribution in [0.3, 0.4) is 0 Å². The predicted molar refractivity (Wildman–Crippen MR) is 94.1 cm³/mol. The molecule has 0 atom stereocenters. The van der Waals surface area contributed by atoms with Gasteiger partial charge in [0.25, 0.3) is 5.84 Å². The number of halogens is 6. The number of rotatable bonds is 3. The summed E-state index contributed by atoms with van der Waals surface area (Å²) in [7, 11) is 0. The van der Waals surface area contributed by atoms with Gasteiger partial charge in [-0.3, -0.25) is 5.43 Å². The first-order valence-electron chi connectivity index (χ1n) is 6.68. The molecule has 5 nitrogen and oxygen atoms in total. The molecule has 0 radical (unpaired) electrons. The smallest absolute Gasteiger partial charge is 0.276 e. The molecule has 0 saturated heterocycles. The largest absolute Gasteiger partial charge is 0.416 e. The fourth-order valence-corrected chi connectivity index (χ4v) is 2.54. The van der Waals surface area contributed by atoms with Crippen LogP contribution in [0.2, 0.25) is 15.1 Å². The summed E-state index contributed by atoms with van der Waals surface area (Å²) in [6.45, 7) is 0. The molecule has 0 amide bonds. The minimum Gasteiger partial charge on any atom is -0.276 e. The van der Waals surface area contributed by atoms with E-state index in [-0.39, 0.29) is 21.4 Å². The minimum atomic E-state index is -4.44. The fourth-order valence-electron chi connectivity index (χ4n) is 1.65. The fraction of sp³-hybridized carbons (Fsp3) is 0.0667. The second-order valence-electron chi connectivity index (χ2n) is 4.65. The maximum atomic E-state index is 12.5. The van der Waals surface area contributed by atoms with E-state index in [1.807, 2.05) is 0 Å². The Morgan fingerprint density at radius 2 is 1.62 bits per heavy atom. The van der Waals surface area contributed by atoms with Gasteiger partial charge in [-0.15, -0.1) is 15.3 Å². The number of nitrogens with one attached hydrogen (secondary N) is 1. The Kier molecular flexibility index (Phi) is 6.42. The third-order valence-electron chi connectivity index (χ3n) is 2.83. The molecule has 0 aromatic heterocycles. The Bertz CT molecular complexity index is 879. The topological polar surface area (TPSA) is 72.9 Å². The molecule has 2 aromatic carbocycles. The molecule has 0 unspecified atom stereocenters. The van der Waals surface area contributed by atoms with Gasteiger partial charge in [-0.1, -0.05) is 34.8 Å². The van der Waals surface area contributed by atoms with Crippen LogP contribution < -0.4 is 5.43 Å². The molecule has 0 fully saturated rings. The number of hydrogen-bond donors (Lipinski definition) is 1. The summed E-state index contributed by atoms with van der Waals surface area (Å²) < 4.78 is 37.5. The van der Waals surface area contributed by atoms with Crippen molar-refractivity contribution in [2.75, 3.05) is 5.43 Å². The molecule has 1 N–H and O–H groups in total. The van der Waals surface area contributed by atoms with Gasteiger partial charge in [-0.25, -0.2) is 0 Å². The molecule has 0 saturated carbocycles. The molecule has 0 bridgehead atoms. The summed E-state index contributed by atoms with van der Waals surface area (Å²) in [5.74, 6) is -0.396. The summed E-state index contributed by atoms with van der Waals surface area (Å²) in [6, 6.07) is 8.52. The van der Waals surface area contributed by atoms with E-state index in [9.17, 15) is 13.2 Å². The Labute approximate surface area is 160 Å². The first-order valence-corrected chi connectivity index (χ1v) is 7.81. The van der Waals surface area contributed by atoms with Gasteiger partial charge in [0.1, 0.15) is 11.8 Å². The van der Waals surface area contributed by atoms with Crippen molar-refractivity contribution in [2.45, 2.75) is 6.18 Å². The monoisotopic (exact) mass is 419 g/mol. The third kappa shape index (κ3) is 5.33. The van der Waals surface area contributed by atoms with Gasteiger partial charge in [0.05, 0.1) is 21.3 Å². The van der Waals surface area contributed by atoms with E-state index in [1.54, 1.807) is 6.07 Å². The van der Waals surface area contributed by atoms with Crippen LogP contribution in [0.1, 0.15) is 5.56 Å². The zero-order valence-electron chi connectivity index (χ0n) is 12.5. The molecule has 0 aliphatic carbocycles. The first-order chi connectivity index (χ1) is 12.2. The van der Waals surface area contributed by atoms with Crippen molar-refractivity contribution >= 4 is 52.0 Å². The second-order valence-corrected chi connectivity index (χ2v) is 5.90. The number of hydrogen-bond acceptors (Lipinski definition) is 4. The van der Waals surface area contributed by atoms with Crippen molar-refractivity contribution in [3.63, 3.8) is 0 Å². The van der Waals surface area contributed by atoms with Crippen LogP contribution in [0.5, 0.6) is 0 Å². The zero-order chi connectivity index (χ0) is 19.3. The highest BCUT2D eigenvalue weighted by Gasteiger charge is 2.29. The standard InChI is InChI=1S/C15H7Cl3F3N5/c16-9-5-11(17)14(12(18)6-9)26-25-13(7-22)24-23-10-3-1-8(2-4-10)15(19,20)21/h1-6,23H/b24-13+,26-25+. The lowest BCUT2D eigenvalue weighted by Crippen LogP contribution is -2.04. The van der Waals surface area contributed by atoms with Gasteiger partial charge in [0.2, 0.25) is 0 Å². The lowest BCUT2D eigenvalue weighted by molar-refractivity contribution is -0.137. The maximum Gasteiger partial charge on any atom is 0.416 e. The van der Waals surface area contributed by atoms with Crippen molar-refractivity contribution in [1.82, 2.24) is 0 Å². The third-order valence-corrected chi connectivity index (χ3v) is 3.62. The van der Waals surface area contributed by atoms with Crippen LogP contribution in [0, 0.1) is 11.3 Å². The quantitative estimate of drug-likeness (QED) is 0.260. The van der Waals surface area contributed by atoms with Crippen molar-refractivity contribution in [2.24, 2.45) is 15.3 Å². The number of alkyl halides is 3. The van der Waals surface area contributed by atoms with Crippen LogP contribution in [0.4, 0.5) is 24.5 Å². The van der Waals surface area contributed by atoms with E-state index in [1.165, 1.54) is 12.1 Å². The van der Waals surface area contributed by atoms with E-state index >= 15 is 0 Å². The van der Waals surface area contributed by atoms with E-state index < -0.39 is 17.6 Å². The van der Waals surface area contributed by atoms with Crippen LogP contribution >= 0.6 is 34.8 Å².